The average Bonchev–Trinajstić information content (AvgIpc) is 2.84. The first-order chi connectivity index (χ1) is 9.60. The molecule has 0 spiro atoms. The van der Waals surface area contributed by atoms with Gasteiger partial charge in [-0.1, -0.05) is 0 Å². The number of aryl methyl sites for hydroxylation is 1. The highest BCUT2D eigenvalue weighted by atomic mass is 32.1. The van der Waals surface area contributed by atoms with Gasteiger partial charge >= 0.3 is 5.97 Å². The van der Waals surface area contributed by atoms with Gasteiger partial charge in [-0.2, -0.15) is 0 Å². The van der Waals surface area contributed by atoms with E-state index in [-0.39, 0.29) is 12.0 Å². The van der Waals surface area contributed by atoms with Gasteiger partial charge in [-0.3, -0.25) is 9.69 Å². The molecule has 1 fully saturated rings. The van der Waals surface area contributed by atoms with E-state index >= 15 is 0 Å². The molecular weight excluding hydrogens is 272 g/mol. The Kier molecular flexibility index (Phi) is 5.57. The molecule has 0 aromatic carbocycles. The first kappa shape index (κ1) is 15.5. The number of carbonyl (C=O) groups is 1. The highest BCUT2D eigenvalue weighted by Gasteiger charge is 2.27. The van der Waals surface area contributed by atoms with Crippen molar-refractivity contribution in [2.45, 2.75) is 26.3 Å². The molecule has 0 aliphatic carbocycles. The van der Waals surface area contributed by atoms with Gasteiger partial charge in [-0.05, 0) is 33.0 Å². The van der Waals surface area contributed by atoms with Crippen molar-refractivity contribution >= 4 is 17.3 Å². The molecule has 1 unspecified atom stereocenters. The maximum absolute atomic E-state index is 11.9. The van der Waals surface area contributed by atoms with Crippen LogP contribution in [0.5, 0.6) is 0 Å². The van der Waals surface area contributed by atoms with Crippen LogP contribution < -0.4 is 0 Å². The van der Waals surface area contributed by atoms with Crippen molar-refractivity contribution < 1.29 is 9.53 Å². The third-order valence-corrected chi connectivity index (χ3v) is 4.84. The van der Waals surface area contributed by atoms with Crippen LogP contribution in [0.2, 0.25) is 0 Å². The van der Waals surface area contributed by atoms with Crippen molar-refractivity contribution in [3.63, 3.8) is 0 Å². The number of hydrogen-bond acceptors (Lipinski definition) is 5. The molecule has 4 nitrogen and oxygen atoms in total. The molecule has 20 heavy (non-hydrogen) atoms. The summed E-state index contributed by atoms with van der Waals surface area (Å²) in [4.78, 5) is 19.2. The molecule has 1 aliphatic rings. The minimum Gasteiger partial charge on any atom is -0.466 e. The first-order valence-electron chi connectivity index (χ1n) is 7.24. The summed E-state index contributed by atoms with van der Waals surface area (Å²) in [6, 6.07) is 4.46. The Bertz CT molecular complexity index is 439. The molecule has 0 N–H and O–H groups in total. The number of rotatable bonds is 5. The molecule has 1 aromatic heterocycles. The molecule has 1 aliphatic heterocycles. The van der Waals surface area contributed by atoms with E-state index in [1.54, 1.807) is 11.3 Å². The number of piperazine rings is 1. The predicted octanol–water partition coefficient (Wildman–Crippen LogP) is 2.30. The van der Waals surface area contributed by atoms with Crippen molar-refractivity contribution in [1.29, 1.82) is 0 Å². The average molecular weight is 296 g/mol. The zero-order valence-corrected chi connectivity index (χ0v) is 13.4. The van der Waals surface area contributed by atoms with E-state index in [9.17, 15) is 4.79 Å². The van der Waals surface area contributed by atoms with Crippen molar-refractivity contribution in [3.05, 3.63) is 21.9 Å². The number of hydrogen-bond donors (Lipinski definition) is 0. The Morgan fingerprint density at radius 1 is 1.35 bits per heavy atom. The van der Waals surface area contributed by atoms with Gasteiger partial charge in [-0.25, -0.2) is 0 Å². The highest BCUT2D eigenvalue weighted by molar-refractivity contribution is 7.12. The van der Waals surface area contributed by atoms with Crippen molar-refractivity contribution in [2.75, 3.05) is 39.8 Å². The van der Waals surface area contributed by atoms with Crippen molar-refractivity contribution in [1.82, 2.24) is 9.80 Å². The van der Waals surface area contributed by atoms with Crippen LogP contribution in [0.4, 0.5) is 0 Å². The summed E-state index contributed by atoms with van der Waals surface area (Å²) in [5.41, 5.74) is 0. The minimum atomic E-state index is -0.0949. The monoisotopic (exact) mass is 296 g/mol. The molecule has 1 aromatic rings. The molecular formula is C15H24N2O2S. The number of ether oxygens (including phenoxy) is 1. The molecule has 2 heterocycles. The summed E-state index contributed by atoms with van der Waals surface area (Å²) in [5.74, 6) is -0.0949. The number of nitrogens with zero attached hydrogens (tertiary/aromatic N) is 2. The summed E-state index contributed by atoms with van der Waals surface area (Å²) in [6.07, 6.45) is 0.456. The minimum absolute atomic E-state index is 0.0949. The van der Waals surface area contributed by atoms with E-state index in [4.69, 9.17) is 4.74 Å². The standard InChI is InChI=1S/C15H24N2O2S/c1-4-19-15(18)11-13(14-6-5-12(2)20-14)17-9-7-16(3)8-10-17/h5-6,13H,4,7-11H2,1-3H3. The number of likely N-dealkylation sites (N-methyl/N-ethyl adjacent to an activating group) is 1. The van der Waals surface area contributed by atoms with Crippen LogP contribution in [0, 0.1) is 6.92 Å². The summed E-state index contributed by atoms with van der Waals surface area (Å²) < 4.78 is 5.14. The second-order valence-electron chi connectivity index (χ2n) is 5.31. The molecule has 5 heteroatoms. The fourth-order valence-corrected chi connectivity index (χ4v) is 3.57. The maximum Gasteiger partial charge on any atom is 0.307 e. The third kappa shape index (κ3) is 4.04. The summed E-state index contributed by atoms with van der Waals surface area (Å²) >= 11 is 1.79. The lowest BCUT2D eigenvalue weighted by Crippen LogP contribution is -2.46. The number of esters is 1. The topological polar surface area (TPSA) is 32.8 Å². The van der Waals surface area contributed by atoms with Crippen molar-refractivity contribution in [2.24, 2.45) is 0 Å². The molecule has 1 saturated heterocycles. The second-order valence-corrected chi connectivity index (χ2v) is 6.63. The summed E-state index contributed by atoms with van der Waals surface area (Å²) in [7, 11) is 2.15. The zero-order valence-electron chi connectivity index (χ0n) is 12.6. The molecule has 0 bridgehead atoms. The van der Waals surface area contributed by atoms with E-state index in [1.807, 2.05) is 6.92 Å². The van der Waals surface area contributed by atoms with Crippen LogP contribution in [0.1, 0.15) is 29.1 Å². The fourth-order valence-electron chi connectivity index (χ4n) is 2.55. The molecule has 0 amide bonds. The summed E-state index contributed by atoms with van der Waals surface area (Å²) in [5, 5.41) is 0. The largest absolute Gasteiger partial charge is 0.466 e. The van der Waals surface area contributed by atoms with E-state index in [2.05, 4.69) is 35.9 Å². The van der Waals surface area contributed by atoms with Gasteiger partial charge in [0.05, 0.1) is 19.1 Å². The zero-order chi connectivity index (χ0) is 14.5. The molecule has 2 rings (SSSR count). The van der Waals surface area contributed by atoms with Crippen LogP contribution in [-0.2, 0) is 9.53 Å². The van der Waals surface area contributed by atoms with Crippen LogP contribution in [-0.4, -0.2) is 55.6 Å². The number of carbonyl (C=O) groups excluding carboxylic acids is 1. The third-order valence-electron chi connectivity index (χ3n) is 3.73. The lowest BCUT2D eigenvalue weighted by molar-refractivity contribution is -0.144. The normalized spacial score (nSPS) is 18.9. The Morgan fingerprint density at radius 2 is 2.05 bits per heavy atom. The Labute approximate surface area is 125 Å². The van der Waals surface area contributed by atoms with E-state index in [0.717, 1.165) is 26.2 Å². The van der Waals surface area contributed by atoms with Crippen LogP contribution in [0.25, 0.3) is 0 Å². The Morgan fingerprint density at radius 3 is 2.60 bits per heavy atom. The molecule has 112 valence electrons. The maximum atomic E-state index is 11.9. The molecule has 0 radical (unpaired) electrons. The Hall–Kier alpha value is -0.910. The second kappa shape index (κ2) is 7.20. The lowest BCUT2D eigenvalue weighted by Gasteiger charge is -2.37. The predicted molar refractivity (Wildman–Crippen MR) is 82.1 cm³/mol. The van der Waals surface area contributed by atoms with Gasteiger partial charge in [-0.15, -0.1) is 11.3 Å². The lowest BCUT2D eigenvalue weighted by atomic mass is 10.1. The van der Waals surface area contributed by atoms with Crippen LogP contribution in [0.15, 0.2) is 12.1 Å². The van der Waals surface area contributed by atoms with E-state index in [0.29, 0.717) is 13.0 Å². The molecule has 0 saturated carbocycles. The fraction of sp³-hybridized carbons (Fsp3) is 0.667. The SMILES string of the molecule is CCOC(=O)CC(c1ccc(C)s1)N1CCN(C)CC1. The van der Waals surface area contributed by atoms with Gasteiger partial charge in [0.2, 0.25) is 0 Å². The van der Waals surface area contributed by atoms with Gasteiger partial charge in [0.1, 0.15) is 0 Å². The van der Waals surface area contributed by atoms with Crippen LogP contribution >= 0.6 is 11.3 Å². The van der Waals surface area contributed by atoms with E-state index in [1.165, 1.54) is 9.75 Å². The smallest absolute Gasteiger partial charge is 0.307 e. The summed E-state index contributed by atoms with van der Waals surface area (Å²) in [6.45, 7) is 8.57. The van der Waals surface area contributed by atoms with Gasteiger partial charge in [0.15, 0.2) is 0 Å². The quantitative estimate of drug-likeness (QED) is 0.781. The van der Waals surface area contributed by atoms with E-state index < -0.39 is 0 Å². The number of thiophene rings is 1. The first-order valence-corrected chi connectivity index (χ1v) is 8.06. The van der Waals surface area contributed by atoms with Gasteiger partial charge < -0.3 is 9.64 Å². The van der Waals surface area contributed by atoms with Crippen LogP contribution in [0.3, 0.4) is 0 Å². The highest BCUT2D eigenvalue weighted by Crippen LogP contribution is 2.31. The van der Waals surface area contributed by atoms with Crippen molar-refractivity contribution in [3.8, 4) is 0 Å². The van der Waals surface area contributed by atoms with Gasteiger partial charge in [0.25, 0.3) is 0 Å². The molecule has 1 atom stereocenters. The Balaban J connectivity index is 2.09. The van der Waals surface area contributed by atoms with Gasteiger partial charge in [0, 0.05) is 35.9 Å².